The Morgan fingerprint density at radius 3 is 2.33 bits per heavy atom. The maximum absolute atomic E-state index is 13.6. The van der Waals surface area contributed by atoms with Gasteiger partial charge in [0.1, 0.15) is 18.2 Å². The summed E-state index contributed by atoms with van der Waals surface area (Å²) in [4.78, 5) is 40.3. The third kappa shape index (κ3) is 4.94. The van der Waals surface area contributed by atoms with E-state index in [9.17, 15) is 14.4 Å². The summed E-state index contributed by atoms with van der Waals surface area (Å²) in [5.41, 5.74) is -0.120. The number of hydrogen-bond donors (Lipinski definition) is 2. The molecule has 3 rings (SSSR count). The minimum absolute atomic E-state index is 0.141. The van der Waals surface area contributed by atoms with Crippen molar-refractivity contribution in [1.82, 2.24) is 15.5 Å². The summed E-state index contributed by atoms with van der Waals surface area (Å²) in [7, 11) is 3.30. The number of carbonyl (C=O) groups excluding carboxylic acids is 3. The van der Waals surface area contributed by atoms with Crippen molar-refractivity contribution in [3.63, 3.8) is 0 Å². The van der Waals surface area contributed by atoms with E-state index in [1.54, 1.807) is 19.0 Å². The first-order valence-corrected chi connectivity index (χ1v) is 10.9. The smallest absolute Gasteiger partial charge is 0.408 e. The second-order valence-corrected chi connectivity index (χ2v) is 8.50. The van der Waals surface area contributed by atoms with Gasteiger partial charge in [0.2, 0.25) is 11.8 Å². The number of hydrogen-bond acceptors (Lipinski definition) is 4. The van der Waals surface area contributed by atoms with E-state index < -0.39 is 17.7 Å². The van der Waals surface area contributed by atoms with Crippen LogP contribution in [-0.4, -0.2) is 48.5 Å². The highest BCUT2D eigenvalue weighted by atomic mass is 16.5. The molecule has 30 heavy (non-hydrogen) atoms. The van der Waals surface area contributed by atoms with Gasteiger partial charge in [-0.2, -0.15) is 0 Å². The SMILES string of the molecule is CNC(=O)[C@H](C1CCCC1)N(C)C(=O)C1(NC(=O)OCc2ccccc2)CCCC1. The second-order valence-electron chi connectivity index (χ2n) is 8.50. The molecule has 1 aromatic carbocycles. The third-order valence-electron chi connectivity index (χ3n) is 6.52. The average molecular weight is 416 g/mol. The zero-order valence-electron chi connectivity index (χ0n) is 18.0. The van der Waals surface area contributed by atoms with E-state index in [4.69, 9.17) is 4.74 Å². The first kappa shape index (κ1) is 22.1. The number of ether oxygens (including phenoxy) is 1. The maximum atomic E-state index is 13.6. The molecule has 2 fully saturated rings. The molecule has 0 unspecified atom stereocenters. The van der Waals surface area contributed by atoms with Gasteiger partial charge in [0, 0.05) is 14.1 Å². The molecule has 2 aliphatic carbocycles. The van der Waals surface area contributed by atoms with Gasteiger partial charge in [-0.3, -0.25) is 9.59 Å². The molecule has 7 nitrogen and oxygen atoms in total. The lowest BCUT2D eigenvalue weighted by Gasteiger charge is -2.38. The lowest BCUT2D eigenvalue weighted by molar-refractivity contribution is -0.145. The summed E-state index contributed by atoms with van der Waals surface area (Å²) >= 11 is 0. The molecule has 0 heterocycles. The largest absolute Gasteiger partial charge is 0.445 e. The second kappa shape index (κ2) is 9.96. The van der Waals surface area contributed by atoms with Crippen molar-refractivity contribution in [1.29, 1.82) is 0 Å². The van der Waals surface area contributed by atoms with Crippen LogP contribution in [0, 0.1) is 5.92 Å². The van der Waals surface area contributed by atoms with Crippen LogP contribution in [0.15, 0.2) is 30.3 Å². The van der Waals surface area contributed by atoms with Crippen LogP contribution >= 0.6 is 0 Å². The first-order valence-electron chi connectivity index (χ1n) is 10.9. The molecule has 3 amide bonds. The van der Waals surface area contributed by atoms with Gasteiger partial charge in [0.05, 0.1) is 0 Å². The zero-order valence-corrected chi connectivity index (χ0v) is 18.0. The van der Waals surface area contributed by atoms with Crippen molar-refractivity contribution in [2.75, 3.05) is 14.1 Å². The zero-order chi connectivity index (χ0) is 21.6. The molecule has 0 aliphatic heterocycles. The quantitative estimate of drug-likeness (QED) is 0.717. The molecule has 0 spiro atoms. The van der Waals surface area contributed by atoms with Crippen LogP contribution in [-0.2, 0) is 20.9 Å². The van der Waals surface area contributed by atoms with E-state index in [0.717, 1.165) is 44.1 Å². The Hall–Kier alpha value is -2.57. The lowest BCUT2D eigenvalue weighted by Crippen LogP contribution is -2.62. The summed E-state index contributed by atoms with van der Waals surface area (Å²) in [5.74, 6) is -0.183. The van der Waals surface area contributed by atoms with Gasteiger partial charge in [-0.15, -0.1) is 0 Å². The van der Waals surface area contributed by atoms with Crippen LogP contribution in [0.1, 0.15) is 56.9 Å². The van der Waals surface area contributed by atoms with Gasteiger partial charge in [0.25, 0.3) is 0 Å². The number of alkyl carbamates (subject to hydrolysis) is 1. The van der Waals surface area contributed by atoms with Gasteiger partial charge in [-0.1, -0.05) is 56.0 Å². The molecule has 1 atom stereocenters. The predicted octanol–water partition coefficient (Wildman–Crippen LogP) is 2.99. The van der Waals surface area contributed by atoms with Crippen molar-refractivity contribution < 1.29 is 19.1 Å². The fourth-order valence-electron chi connectivity index (χ4n) is 4.92. The monoisotopic (exact) mass is 415 g/mol. The molecule has 0 aromatic heterocycles. The highest BCUT2D eigenvalue weighted by molar-refractivity contribution is 5.94. The van der Waals surface area contributed by atoms with Crippen LogP contribution < -0.4 is 10.6 Å². The standard InChI is InChI=1S/C23H33N3O4/c1-24-20(27)19(18-12-6-7-13-18)26(2)21(28)23(14-8-9-15-23)25-22(29)30-16-17-10-4-3-5-11-17/h3-5,10-11,18-19H,6-9,12-16H2,1-2H3,(H,24,27)(H,25,29)/t19-/m0/s1. The van der Waals surface area contributed by atoms with E-state index in [-0.39, 0.29) is 24.3 Å². The molecule has 2 saturated carbocycles. The topological polar surface area (TPSA) is 87.7 Å². The average Bonchev–Trinajstić information content (AvgIpc) is 3.45. The summed E-state index contributed by atoms with van der Waals surface area (Å²) < 4.78 is 5.37. The Balaban J connectivity index is 1.70. The van der Waals surface area contributed by atoms with Crippen molar-refractivity contribution >= 4 is 17.9 Å². The molecule has 0 saturated heterocycles. The van der Waals surface area contributed by atoms with Crippen LogP contribution in [0.4, 0.5) is 4.79 Å². The number of rotatable bonds is 7. The molecule has 0 bridgehead atoms. The highest BCUT2D eigenvalue weighted by Gasteiger charge is 2.48. The Labute approximate surface area is 178 Å². The highest BCUT2D eigenvalue weighted by Crippen LogP contribution is 2.35. The Kier molecular flexibility index (Phi) is 7.34. The van der Waals surface area contributed by atoms with Crippen LogP contribution in [0.2, 0.25) is 0 Å². The van der Waals surface area contributed by atoms with Gasteiger partial charge >= 0.3 is 6.09 Å². The first-order chi connectivity index (χ1) is 14.5. The van der Waals surface area contributed by atoms with Gasteiger partial charge in [0.15, 0.2) is 0 Å². The number of nitrogens with zero attached hydrogens (tertiary/aromatic N) is 1. The van der Waals surface area contributed by atoms with E-state index in [1.165, 1.54) is 0 Å². The number of nitrogens with one attached hydrogen (secondary N) is 2. The van der Waals surface area contributed by atoms with E-state index in [2.05, 4.69) is 10.6 Å². The number of likely N-dealkylation sites (N-methyl/N-ethyl adjacent to an activating group) is 2. The summed E-state index contributed by atoms with van der Waals surface area (Å²) in [6.45, 7) is 0.149. The molecule has 2 N–H and O–H groups in total. The summed E-state index contributed by atoms with van der Waals surface area (Å²) in [6, 6.07) is 8.92. The van der Waals surface area contributed by atoms with Crippen molar-refractivity contribution in [3.8, 4) is 0 Å². The fourth-order valence-corrected chi connectivity index (χ4v) is 4.92. The Morgan fingerprint density at radius 2 is 1.73 bits per heavy atom. The molecule has 1 aromatic rings. The van der Waals surface area contributed by atoms with Gasteiger partial charge in [-0.25, -0.2) is 4.79 Å². The number of carbonyl (C=O) groups is 3. The van der Waals surface area contributed by atoms with E-state index >= 15 is 0 Å². The maximum Gasteiger partial charge on any atom is 0.408 e. The van der Waals surface area contributed by atoms with Gasteiger partial charge < -0.3 is 20.3 Å². The van der Waals surface area contributed by atoms with E-state index in [0.29, 0.717) is 12.8 Å². The molecule has 164 valence electrons. The minimum Gasteiger partial charge on any atom is -0.445 e. The molecule has 0 radical (unpaired) electrons. The number of amides is 3. The van der Waals surface area contributed by atoms with Crippen LogP contribution in [0.3, 0.4) is 0 Å². The molecular formula is C23H33N3O4. The Bertz CT molecular complexity index is 740. The van der Waals surface area contributed by atoms with Gasteiger partial charge in [-0.05, 0) is 37.2 Å². The summed E-state index contributed by atoms with van der Waals surface area (Å²) in [6.07, 6.45) is 6.26. The summed E-state index contributed by atoms with van der Waals surface area (Å²) in [5, 5.41) is 5.58. The normalized spacial score (nSPS) is 19.1. The minimum atomic E-state index is -1.01. The van der Waals surface area contributed by atoms with Crippen molar-refractivity contribution in [3.05, 3.63) is 35.9 Å². The van der Waals surface area contributed by atoms with E-state index in [1.807, 2.05) is 30.3 Å². The molecule has 2 aliphatic rings. The van der Waals surface area contributed by atoms with Crippen molar-refractivity contribution in [2.24, 2.45) is 5.92 Å². The lowest BCUT2D eigenvalue weighted by atomic mass is 9.91. The van der Waals surface area contributed by atoms with Crippen LogP contribution in [0.5, 0.6) is 0 Å². The molecule has 7 heteroatoms. The van der Waals surface area contributed by atoms with Crippen LogP contribution in [0.25, 0.3) is 0 Å². The molecular weight excluding hydrogens is 382 g/mol. The Morgan fingerprint density at radius 1 is 1.10 bits per heavy atom. The van der Waals surface area contributed by atoms with Crippen molar-refractivity contribution in [2.45, 2.75) is 69.6 Å². The third-order valence-corrected chi connectivity index (χ3v) is 6.52. The number of benzene rings is 1. The fraction of sp³-hybridized carbons (Fsp3) is 0.609. The predicted molar refractivity (Wildman–Crippen MR) is 114 cm³/mol.